The molecular formula is C19H19FN2O3. The van der Waals surface area contributed by atoms with E-state index >= 15 is 0 Å². The molecule has 25 heavy (non-hydrogen) atoms. The predicted octanol–water partition coefficient (Wildman–Crippen LogP) is 2.93. The van der Waals surface area contributed by atoms with Gasteiger partial charge in [-0.2, -0.15) is 0 Å². The summed E-state index contributed by atoms with van der Waals surface area (Å²) in [5, 5.41) is 2.49. The fraction of sp³-hybridized carbons (Fsp3) is 0.211. The summed E-state index contributed by atoms with van der Waals surface area (Å²) in [4.78, 5) is 36.8. The first-order valence-electron chi connectivity index (χ1n) is 7.71. The minimum Gasteiger partial charge on any atom is -0.333 e. The summed E-state index contributed by atoms with van der Waals surface area (Å²) in [5.74, 6) is -2.11. The van der Waals surface area contributed by atoms with Gasteiger partial charge in [0.05, 0.1) is 0 Å². The van der Waals surface area contributed by atoms with Gasteiger partial charge in [-0.15, -0.1) is 0 Å². The Morgan fingerprint density at radius 3 is 2.40 bits per heavy atom. The number of likely N-dealkylation sites (N-methyl/N-ethyl adjacent to an activating group) is 1. The van der Waals surface area contributed by atoms with E-state index in [0.29, 0.717) is 22.4 Å². The number of aryl methyl sites for hydroxylation is 1. The van der Waals surface area contributed by atoms with E-state index in [1.807, 2.05) is 0 Å². The molecular weight excluding hydrogens is 323 g/mol. The van der Waals surface area contributed by atoms with Gasteiger partial charge in [0.25, 0.3) is 0 Å². The Morgan fingerprint density at radius 2 is 1.80 bits per heavy atom. The topological polar surface area (TPSA) is 66.5 Å². The van der Waals surface area contributed by atoms with Crippen molar-refractivity contribution >= 4 is 23.3 Å². The van der Waals surface area contributed by atoms with E-state index in [0.717, 1.165) is 4.90 Å². The number of nitrogens with zero attached hydrogens (tertiary/aromatic N) is 1. The Balaban J connectivity index is 2.05. The van der Waals surface area contributed by atoms with Gasteiger partial charge in [-0.05, 0) is 43.7 Å². The first-order chi connectivity index (χ1) is 11.8. The lowest BCUT2D eigenvalue weighted by atomic mass is 10.0. The van der Waals surface area contributed by atoms with Crippen molar-refractivity contribution in [3.63, 3.8) is 0 Å². The van der Waals surface area contributed by atoms with Crippen molar-refractivity contribution in [2.75, 3.05) is 12.4 Å². The minimum absolute atomic E-state index is 0.0127. The molecule has 1 N–H and O–H groups in total. The van der Waals surface area contributed by atoms with Gasteiger partial charge in [0.2, 0.25) is 0 Å². The second-order valence-electron chi connectivity index (χ2n) is 5.79. The van der Waals surface area contributed by atoms with Crippen molar-refractivity contribution in [1.82, 2.24) is 4.90 Å². The van der Waals surface area contributed by atoms with Crippen LogP contribution in [-0.2, 0) is 16.1 Å². The van der Waals surface area contributed by atoms with Crippen molar-refractivity contribution in [2.24, 2.45) is 0 Å². The molecule has 2 aromatic rings. The number of rotatable bonds is 4. The molecule has 0 aliphatic heterocycles. The molecule has 0 heterocycles. The number of carbonyl (C=O) groups excluding carboxylic acids is 3. The van der Waals surface area contributed by atoms with Crippen molar-refractivity contribution < 1.29 is 18.8 Å². The average molecular weight is 342 g/mol. The maximum atomic E-state index is 13.6. The zero-order chi connectivity index (χ0) is 18.6. The fourth-order valence-corrected chi connectivity index (χ4v) is 2.45. The van der Waals surface area contributed by atoms with E-state index in [2.05, 4.69) is 5.32 Å². The smallest absolute Gasteiger partial charge is 0.313 e. The van der Waals surface area contributed by atoms with Crippen molar-refractivity contribution in [1.29, 1.82) is 0 Å². The van der Waals surface area contributed by atoms with Gasteiger partial charge < -0.3 is 10.2 Å². The SMILES string of the molecule is CC(=O)c1ccc(NC(=O)C(=O)N(C)Cc2ccccc2F)cc1C. The Kier molecular flexibility index (Phi) is 5.64. The van der Waals surface area contributed by atoms with E-state index in [1.165, 1.54) is 20.0 Å². The molecule has 5 nitrogen and oxygen atoms in total. The zero-order valence-electron chi connectivity index (χ0n) is 14.3. The molecule has 0 saturated carbocycles. The molecule has 0 saturated heterocycles. The molecule has 6 heteroatoms. The molecule has 2 aromatic carbocycles. The van der Waals surface area contributed by atoms with Crippen LogP contribution < -0.4 is 5.32 Å². The highest BCUT2D eigenvalue weighted by atomic mass is 19.1. The first-order valence-corrected chi connectivity index (χ1v) is 7.71. The third kappa shape index (κ3) is 4.50. The van der Waals surface area contributed by atoms with Crippen LogP contribution in [0.4, 0.5) is 10.1 Å². The van der Waals surface area contributed by atoms with Gasteiger partial charge >= 0.3 is 11.8 Å². The monoisotopic (exact) mass is 342 g/mol. The largest absolute Gasteiger partial charge is 0.333 e. The van der Waals surface area contributed by atoms with E-state index in [4.69, 9.17) is 0 Å². The summed E-state index contributed by atoms with van der Waals surface area (Å²) in [6.45, 7) is 3.20. The Bertz CT molecular complexity index is 833. The molecule has 130 valence electrons. The van der Waals surface area contributed by atoms with Crippen molar-refractivity contribution in [3.05, 3.63) is 65.0 Å². The molecule has 0 aliphatic carbocycles. The second-order valence-corrected chi connectivity index (χ2v) is 5.79. The molecule has 0 fully saturated rings. The quantitative estimate of drug-likeness (QED) is 0.686. The zero-order valence-corrected chi connectivity index (χ0v) is 14.3. The van der Waals surface area contributed by atoms with E-state index in [9.17, 15) is 18.8 Å². The lowest BCUT2D eigenvalue weighted by molar-refractivity contribution is -0.142. The molecule has 2 amide bonds. The van der Waals surface area contributed by atoms with Crippen LogP contribution in [0.5, 0.6) is 0 Å². The summed E-state index contributed by atoms with van der Waals surface area (Å²) in [6.07, 6.45) is 0. The highest BCUT2D eigenvalue weighted by molar-refractivity contribution is 6.39. The van der Waals surface area contributed by atoms with Gasteiger partial charge in [-0.1, -0.05) is 18.2 Å². The number of hydrogen-bond donors (Lipinski definition) is 1. The summed E-state index contributed by atoms with van der Waals surface area (Å²) >= 11 is 0. The summed E-state index contributed by atoms with van der Waals surface area (Å²) in [7, 11) is 1.43. The fourth-order valence-electron chi connectivity index (χ4n) is 2.45. The standard InChI is InChI=1S/C19H19FN2O3/c1-12-10-15(8-9-16(12)13(2)23)21-18(24)19(25)22(3)11-14-6-4-5-7-17(14)20/h4-10H,11H2,1-3H3,(H,21,24). The highest BCUT2D eigenvalue weighted by Gasteiger charge is 2.20. The van der Waals surface area contributed by atoms with Crippen LogP contribution in [0.25, 0.3) is 0 Å². The lowest BCUT2D eigenvalue weighted by Crippen LogP contribution is -2.36. The molecule has 0 aliphatic rings. The molecule has 0 spiro atoms. The molecule has 0 bridgehead atoms. The van der Waals surface area contributed by atoms with Crippen LogP contribution in [0.3, 0.4) is 0 Å². The predicted molar refractivity (Wildman–Crippen MR) is 92.7 cm³/mol. The van der Waals surface area contributed by atoms with Gasteiger partial charge in [-0.25, -0.2) is 4.39 Å². The van der Waals surface area contributed by atoms with Gasteiger partial charge in [-0.3, -0.25) is 14.4 Å². The Morgan fingerprint density at radius 1 is 1.12 bits per heavy atom. The maximum absolute atomic E-state index is 13.6. The summed E-state index contributed by atoms with van der Waals surface area (Å²) in [5.41, 5.74) is 2.01. The first kappa shape index (κ1) is 18.3. The molecule has 0 atom stereocenters. The van der Waals surface area contributed by atoms with Crippen LogP contribution in [0, 0.1) is 12.7 Å². The van der Waals surface area contributed by atoms with Crippen LogP contribution in [0.2, 0.25) is 0 Å². The van der Waals surface area contributed by atoms with E-state index in [-0.39, 0.29) is 12.3 Å². The Hall–Kier alpha value is -3.02. The minimum atomic E-state index is -0.825. The maximum Gasteiger partial charge on any atom is 0.313 e. The molecule has 0 aromatic heterocycles. The molecule has 0 radical (unpaired) electrons. The van der Waals surface area contributed by atoms with Gasteiger partial charge in [0, 0.05) is 30.4 Å². The van der Waals surface area contributed by atoms with Crippen LogP contribution in [-0.4, -0.2) is 29.5 Å². The van der Waals surface area contributed by atoms with Crippen molar-refractivity contribution in [3.8, 4) is 0 Å². The second kappa shape index (κ2) is 7.70. The number of ketones is 1. The number of hydrogen-bond acceptors (Lipinski definition) is 3. The molecule has 0 unspecified atom stereocenters. The number of nitrogens with one attached hydrogen (secondary N) is 1. The van der Waals surface area contributed by atoms with Crippen LogP contribution in [0.1, 0.15) is 28.4 Å². The summed E-state index contributed by atoms with van der Waals surface area (Å²) in [6, 6.07) is 10.9. The third-order valence-electron chi connectivity index (χ3n) is 3.77. The van der Waals surface area contributed by atoms with Crippen LogP contribution >= 0.6 is 0 Å². The number of anilines is 1. The van der Waals surface area contributed by atoms with Gasteiger partial charge in [0.15, 0.2) is 5.78 Å². The lowest BCUT2D eigenvalue weighted by Gasteiger charge is -2.17. The number of carbonyl (C=O) groups is 3. The van der Waals surface area contributed by atoms with Gasteiger partial charge in [0.1, 0.15) is 5.82 Å². The van der Waals surface area contributed by atoms with Crippen LogP contribution in [0.15, 0.2) is 42.5 Å². The molecule has 2 rings (SSSR count). The number of Topliss-reactive ketones (excluding diaryl/α,β-unsaturated/α-hetero) is 1. The normalized spacial score (nSPS) is 10.2. The average Bonchev–Trinajstić information content (AvgIpc) is 2.55. The van der Waals surface area contributed by atoms with Crippen molar-refractivity contribution in [2.45, 2.75) is 20.4 Å². The number of amides is 2. The summed E-state index contributed by atoms with van der Waals surface area (Å²) < 4.78 is 13.6. The Labute approximate surface area is 145 Å². The third-order valence-corrected chi connectivity index (χ3v) is 3.77. The van der Waals surface area contributed by atoms with E-state index < -0.39 is 17.6 Å². The number of benzene rings is 2. The number of halogens is 1. The highest BCUT2D eigenvalue weighted by Crippen LogP contribution is 2.16. The van der Waals surface area contributed by atoms with E-state index in [1.54, 1.807) is 43.3 Å².